The smallest absolute Gasteiger partial charge is 0.122 e. The monoisotopic (exact) mass is 177 g/mol. The third-order valence-corrected chi connectivity index (χ3v) is 2.37. The van der Waals surface area contributed by atoms with Gasteiger partial charge in [-0.1, -0.05) is 17.7 Å². The Labute approximate surface area is 78.7 Å². The van der Waals surface area contributed by atoms with Crippen molar-refractivity contribution >= 4 is 0 Å². The van der Waals surface area contributed by atoms with Gasteiger partial charge < -0.3 is 10.5 Å². The van der Waals surface area contributed by atoms with E-state index >= 15 is 0 Å². The molecular weight excluding hydrogens is 162 g/mol. The second-order valence-corrected chi connectivity index (χ2v) is 4.23. The first-order chi connectivity index (χ1) is 6.07. The van der Waals surface area contributed by atoms with Gasteiger partial charge in [-0.25, -0.2) is 0 Å². The van der Waals surface area contributed by atoms with Crippen LogP contribution in [-0.2, 0) is 6.42 Å². The Morgan fingerprint density at radius 3 is 3.00 bits per heavy atom. The van der Waals surface area contributed by atoms with Gasteiger partial charge >= 0.3 is 0 Å². The van der Waals surface area contributed by atoms with Gasteiger partial charge in [-0.2, -0.15) is 0 Å². The van der Waals surface area contributed by atoms with E-state index in [4.69, 9.17) is 10.5 Å². The summed E-state index contributed by atoms with van der Waals surface area (Å²) < 4.78 is 5.57. The second kappa shape index (κ2) is 2.74. The van der Waals surface area contributed by atoms with Crippen molar-refractivity contribution in [1.82, 2.24) is 0 Å². The minimum Gasteiger partial charge on any atom is -0.491 e. The lowest BCUT2D eigenvalue weighted by Crippen LogP contribution is -2.47. The van der Waals surface area contributed by atoms with Gasteiger partial charge in [0.05, 0.1) is 5.54 Å². The van der Waals surface area contributed by atoms with E-state index in [9.17, 15) is 0 Å². The van der Waals surface area contributed by atoms with Crippen LogP contribution in [0.3, 0.4) is 0 Å². The molecule has 0 spiro atoms. The number of ether oxygens (including phenoxy) is 1. The van der Waals surface area contributed by atoms with Crippen LogP contribution in [0.2, 0.25) is 0 Å². The highest BCUT2D eigenvalue weighted by atomic mass is 16.5. The standard InChI is InChI=1S/C11H15NO/c1-8-3-4-10-9(5-8)6-11(2,12)7-13-10/h3-5H,6-7,12H2,1-2H3. The molecule has 2 nitrogen and oxygen atoms in total. The summed E-state index contributed by atoms with van der Waals surface area (Å²) in [6.07, 6.45) is 0.907. The van der Waals surface area contributed by atoms with E-state index in [1.54, 1.807) is 0 Å². The first-order valence-corrected chi connectivity index (χ1v) is 4.58. The predicted molar refractivity (Wildman–Crippen MR) is 53.0 cm³/mol. The molecule has 1 atom stereocenters. The van der Waals surface area contributed by atoms with Crippen LogP contribution in [0.4, 0.5) is 0 Å². The molecule has 2 N–H and O–H groups in total. The average Bonchev–Trinajstić information content (AvgIpc) is 2.01. The molecule has 1 unspecified atom stereocenters. The zero-order chi connectivity index (χ0) is 9.47. The Kier molecular flexibility index (Phi) is 1.81. The minimum absolute atomic E-state index is 0.208. The predicted octanol–water partition coefficient (Wildman–Crippen LogP) is 1.65. The van der Waals surface area contributed by atoms with Gasteiger partial charge in [0.25, 0.3) is 0 Å². The first kappa shape index (κ1) is 8.57. The van der Waals surface area contributed by atoms with Gasteiger partial charge in [0.15, 0.2) is 0 Å². The highest BCUT2D eigenvalue weighted by Crippen LogP contribution is 2.28. The second-order valence-electron chi connectivity index (χ2n) is 4.23. The lowest BCUT2D eigenvalue weighted by atomic mass is 9.91. The van der Waals surface area contributed by atoms with Crippen molar-refractivity contribution in [2.75, 3.05) is 6.61 Å². The van der Waals surface area contributed by atoms with Crippen LogP contribution >= 0.6 is 0 Å². The third kappa shape index (κ3) is 1.68. The van der Waals surface area contributed by atoms with Crippen LogP contribution in [-0.4, -0.2) is 12.1 Å². The van der Waals surface area contributed by atoms with Crippen molar-refractivity contribution in [2.45, 2.75) is 25.8 Å². The molecule has 2 heteroatoms. The molecule has 0 bridgehead atoms. The Bertz CT molecular complexity index is 331. The third-order valence-electron chi connectivity index (χ3n) is 2.37. The average molecular weight is 177 g/mol. The van der Waals surface area contributed by atoms with E-state index in [0.717, 1.165) is 12.2 Å². The van der Waals surface area contributed by atoms with Crippen LogP contribution in [0, 0.1) is 6.92 Å². The first-order valence-electron chi connectivity index (χ1n) is 4.58. The summed E-state index contributed by atoms with van der Waals surface area (Å²) in [5.41, 5.74) is 8.31. The van der Waals surface area contributed by atoms with Crippen LogP contribution in [0.5, 0.6) is 5.75 Å². The number of hydrogen-bond donors (Lipinski definition) is 1. The van der Waals surface area contributed by atoms with E-state index < -0.39 is 0 Å². The Hall–Kier alpha value is -1.02. The molecule has 0 saturated carbocycles. The summed E-state index contributed by atoms with van der Waals surface area (Å²) in [5.74, 6) is 0.994. The maximum atomic E-state index is 6.02. The van der Waals surface area contributed by atoms with Gasteiger partial charge in [0.1, 0.15) is 12.4 Å². The topological polar surface area (TPSA) is 35.2 Å². The normalized spacial score (nSPS) is 26.4. The van der Waals surface area contributed by atoms with Crippen molar-refractivity contribution in [3.63, 3.8) is 0 Å². The molecule has 0 amide bonds. The van der Waals surface area contributed by atoms with Crippen LogP contribution < -0.4 is 10.5 Å². The van der Waals surface area contributed by atoms with Crippen molar-refractivity contribution < 1.29 is 4.74 Å². The number of aryl methyl sites for hydroxylation is 1. The summed E-state index contributed by atoms with van der Waals surface area (Å²) in [6, 6.07) is 6.25. The molecule has 0 radical (unpaired) electrons. The van der Waals surface area contributed by atoms with Crippen LogP contribution in [0.25, 0.3) is 0 Å². The van der Waals surface area contributed by atoms with Crippen molar-refractivity contribution in [1.29, 1.82) is 0 Å². The molecule has 70 valence electrons. The molecule has 0 saturated heterocycles. The van der Waals surface area contributed by atoms with Crippen molar-refractivity contribution in [3.05, 3.63) is 29.3 Å². The van der Waals surface area contributed by atoms with E-state index in [1.165, 1.54) is 11.1 Å². The SMILES string of the molecule is Cc1ccc2c(c1)CC(C)(N)CO2. The summed E-state index contributed by atoms with van der Waals surface area (Å²) in [7, 11) is 0. The van der Waals surface area contributed by atoms with Gasteiger partial charge in [0, 0.05) is 0 Å². The minimum atomic E-state index is -0.208. The lowest BCUT2D eigenvalue weighted by molar-refractivity contribution is 0.204. The van der Waals surface area contributed by atoms with E-state index in [-0.39, 0.29) is 5.54 Å². The molecule has 13 heavy (non-hydrogen) atoms. The Morgan fingerprint density at radius 1 is 1.46 bits per heavy atom. The highest BCUT2D eigenvalue weighted by Gasteiger charge is 2.26. The summed E-state index contributed by atoms with van der Waals surface area (Å²) >= 11 is 0. The molecule has 0 aliphatic carbocycles. The molecule has 1 aliphatic rings. The molecule has 1 aromatic carbocycles. The maximum Gasteiger partial charge on any atom is 0.122 e. The van der Waals surface area contributed by atoms with E-state index in [1.807, 2.05) is 13.0 Å². The lowest BCUT2D eigenvalue weighted by Gasteiger charge is -2.31. The molecule has 0 fully saturated rings. The molecule has 2 rings (SSSR count). The Balaban J connectivity index is 2.38. The summed E-state index contributed by atoms with van der Waals surface area (Å²) in [6.45, 7) is 4.73. The number of fused-ring (bicyclic) bond motifs is 1. The van der Waals surface area contributed by atoms with E-state index in [0.29, 0.717) is 6.61 Å². The fraction of sp³-hybridized carbons (Fsp3) is 0.455. The number of rotatable bonds is 0. The molecule has 1 aliphatic heterocycles. The van der Waals surface area contributed by atoms with Gasteiger partial charge in [-0.15, -0.1) is 0 Å². The summed E-state index contributed by atoms with van der Waals surface area (Å²) in [5, 5.41) is 0. The molecular formula is C11H15NO. The number of benzene rings is 1. The van der Waals surface area contributed by atoms with Crippen LogP contribution in [0.15, 0.2) is 18.2 Å². The molecule has 0 aromatic heterocycles. The Morgan fingerprint density at radius 2 is 2.23 bits per heavy atom. The zero-order valence-corrected chi connectivity index (χ0v) is 8.13. The largest absolute Gasteiger partial charge is 0.491 e. The molecule has 1 aromatic rings. The fourth-order valence-electron chi connectivity index (χ4n) is 1.72. The highest BCUT2D eigenvalue weighted by molar-refractivity contribution is 5.39. The number of nitrogens with two attached hydrogens (primary N) is 1. The maximum absolute atomic E-state index is 6.02. The summed E-state index contributed by atoms with van der Waals surface area (Å²) in [4.78, 5) is 0. The van der Waals surface area contributed by atoms with Gasteiger partial charge in [-0.3, -0.25) is 0 Å². The fourth-order valence-corrected chi connectivity index (χ4v) is 1.72. The van der Waals surface area contributed by atoms with Gasteiger partial charge in [0.2, 0.25) is 0 Å². The van der Waals surface area contributed by atoms with Crippen molar-refractivity contribution in [2.24, 2.45) is 5.73 Å². The van der Waals surface area contributed by atoms with Gasteiger partial charge in [-0.05, 0) is 31.9 Å². The zero-order valence-electron chi connectivity index (χ0n) is 8.13. The number of hydrogen-bond acceptors (Lipinski definition) is 2. The quantitative estimate of drug-likeness (QED) is 0.654. The molecule has 1 heterocycles. The van der Waals surface area contributed by atoms with Crippen molar-refractivity contribution in [3.8, 4) is 5.75 Å². The van der Waals surface area contributed by atoms with E-state index in [2.05, 4.69) is 19.1 Å². The van der Waals surface area contributed by atoms with Crippen LogP contribution in [0.1, 0.15) is 18.1 Å².